The maximum absolute atomic E-state index is 12.8. The first-order chi connectivity index (χ1) is 14.1. The third-order valence-corrected chi connectivity index (χ3v) is 4.92. The van der Waals surface area contributed by atoms with Crippen molar-refractivity contribution in [2.45, 2.75) is 20.3 Å². The van der Waals surface area contributed by atoms with E-state index in [-0.39, 0.29) is 11.6 Å². The Morgan fingerprint density at radius 2 is 1.97 bits per heavy atom. The molecule has 2 aromatic carbocycles. The first-order valence-corrected chi connectivity index (χ1v) is 9.92. The number of hydrogen-bond acceptors (Lipinski definition) is 6. The van der Waals surface area contributed by atoms with E-state index in [0.29, 0.717) is 17.9 Å². The number of anilines is 1. The Labute approximate surface area is 175 Å². The molecule has 0 bridgehead atoms. The molecule has 4 aromatic rings. The van der Waals surface area contributed by atoms with Gasteiger partial charge in [0.2, 0.25) is 5.82 Å². The van der Waals surface area contributed by atoms with E-state index in [1.807, 2.05) is 56.3 Å². The van der Waals surface area contributed by atoms with Gasteiger partial charge in [-0.1, -0.05) is 22.9 Å². The molecule has 0 unspecified atom stereocenters. The minimum absolute atomic E-state index is 0.218. The van der Waals surface area contributed by atoms with E-state index in [4.69, 9.17) is 13.8 Å². The molecule has 29 heavy (non-hydrogen) atoms. The predicted octanol–water partition coefficient (Wildman–Crippen LogP) is 5.59. The molecule has 2 heterocycles. The first kappa shape index (κ1) is 19.2. The second-order valence-electron chi connectivity index (χ2n) is 6.49. The summed E-state index contributed by atoms with van der Waals surface area (Å²) in [6.45, 7) is 4.54. The van der Waals surface area contributed by atoms with Crippen molar-refractivity contribution >= 4 is 38.6 Å². The van der Waals surface area contributed by atoms with Crippen LogP contribution in [0.2, 0.25) is 0 Å². The Balaban J connectivity index is 1.58. The summed E-state index contributed by atoms with van der Waals surface area (Å²) in [4.78, 5) is 12.8. The van der Waals surface area contributed by atoms with E-state index >= 15 is 0 Å². The van der Waals surface area contributed by atoms with Crippen LogP contribution in [-0.4, -0.2) is 22.8 Å². The first-order valence-electron chi connectivity index (χ1n) is 9.12. The van der Waals surface area contributed by atoms with Crippen LogP contribution in [0, 0.1) is 6.92 Å². The molecule has 0 aliphatic carbocycles. The van der Waals surface area contributed by atoms with Crippen molar-refractivity contribution in [2.24, 2.45) is 0 Å². The van der Waals surface area contributed by atoms with Crippen LogP contribution in [-0.2, 0) is 0 Å². The zero-order chi connectivity index (χ0) is 20.4. The highest BCUT2D eigenvalue weighted by atomic mass is 79.9. The SMILES string of the molecule is CCCOc1ccc(-c2nonc2NC(=O)c2oc3cc(Br)ccc3c2C)cc1. The normalized spacial score (nSPS) is 11.0. The standard InChI is InChI=1S/C21H18BrN3O4/c1-3-10-27-15-7-4-13(5-8-15)18-20(25-29-24-18)23-21(26)19-12(2)16-9-6-14(22)11-17(16)28-19/h4-9,11H,3,10H2,1-2H3,(H,23,25,26). The number of furan rings is 1. The highest BCUT2D eigenvalue weighted by Gasteiger charge is 2.21. The molecule has 0 aliphatic heterocycles. The lowest BCUT2D eigenvalue weighted by atomic mass is 10.1. The molecular weight excluding hydrogens is 438 g/mol. The van der Waals surface area contributed by atoms with E-state index in [0.717, 1.165) is 33.2 Å². The lowest BCUT2D eigenvalue weighted by Gasteiger charge is -2.05. The van der Waals surface area contributed by atoms with Crippen LogP contribution in [0.5, 0.6) is 5.75 Å². The fraction of sp³-hybridized carbons (Fsp3) is 0.190. The molecule has 0 atom stereocenters. The summed E-state index contributed by atoms with van der Waals surface area (Å²) in [5.41, 5.74) is 2.55. The van der Waals surface area contributed by atoms with Gasteiger partial charge in [-0.15, -0.1) is 0 Å². The molecule has 0 saturated heterocycles. The van der Waals surface area contributed by atoms with Crippen molar-refractivity contribution in [2.75, 3.05) is 11.9 Å². The number of rotatable bonds is 6. The quantitative estimate of drug-likeness (QED) is 0.407. The number of carbonyl (C=O) groups excluding carboxylic acids is 1. The maximum atomic E-state index is 12.8. The van der Waals surface area contributed by atoms with Gasteiger partial charge in [-0.3, -0.25) is 10.1 Å². The van der Waals surface area contributed by atoms with Crippen LogP contribution in [0.1, 0.15) is 29.5 Å². The molecule has 1 amide bonds. The third-order valence-electron chi connectivity index (χ3n) is 4.43. The number of amides is 1. The largest absolute Gasteiger partial charge is 0.494 e. The number of hydrogen-bond donors (Lipinski definition) is 1. The lowest BCUT2D eigenvalue weighted by Crippen LogP contribution is -2.13. The van der Waals surface area contributed by atoms with Gasteiger partial charge in [-0.2, -0.15) is 0 Å². The van der Waals surface area contributed by atoms with Gasteiger partial charge >= 0.3 is 0 Å². The summed E-state index contributed by atoms with van der Waals surface area (Å²) in [6.07, 6.45) is 0.934. The van der Waals surface area contributed by atoms with Crippen molar-refractivity contribution in [3.8, 4) is 17.0 Å². The molecule has 0 aliphatic rings. The molecular formula is C21H18BrN3O4. The van der Waals surface area contributed by atoms with Gasteiger partial charge in [-0.05, 0) is 66.1 Å². The van der Waals surface area contributed by atoms with Gasteiger partial charge in [0.05, 0.1) is 6.61 Å². The van der Waals surface area contributed by atoms with E-state index in [1.54, 1.807) is 0 Å². The van der Waals surface area contributed by atoms with Crippen molar-refractivity contribution < 1.29 is 18.6 Å². The smallest absolute Gasteiger partial charge is 0.292 e. The van der Waals surface area contributed by atoms with Crippen molar-refractivity contribution in [1.82, 2.24) is 10.3 Å². The Morgan fingerprint density at radius 3 is 2.72 bits per heavy atom. The topological polar surface area (TPSA) is 90.4 Å². The third kappa shape index (κ3) is 3.88. The second-order valence-corrected chi connectivity index (χ2v) is 7.40. The lowest BCUT2D eigenvalue weighted by molar-refractivity contribution is 0.0997. The van der Waals surface area contributed by atoms with E-state index < -0.39 is 5.91 Å². The Bertz CT molecular complexity index is 1160. The van der Waals surface area contributed by atoms with E-state index in [2.05, 4.69) is 31.6 Å². The van der Waals surface area contributed by atoms with E-state index in [9.17, 15) is 4.79 Å². The van der Waals surface area contributed by atoms with Gasteiger partial charge < -0.3 is 9.15 Å². The van der Waals surface area contributed by atoms with Crippen LogP contribution < -0.4 is 10.1 Å². The van der Waals surface area contributed by atoms with Crippen LogP contribution in [0.4, 0.5) is 5.82 Å². The molecule has 0 fully saturated rings. The molecule has 7 nitrogen and oxygen atoms in total. The van der Waals surface area contributed by atoms with Gasteiger partial charge in [0.25, 0.3) is 5.91 Å². The fourth-order valence-corrected chi connectivity index (χ4v) is 3.31. The number of aryl methyl sites for hydroxylation is 1. The van der Waals surface area contributed by atoms with Gasteiger partial charge in [0.15, 0.2) is 11.5 Å². The van der Waals surface area contributed by atoms with Crippen LogP contribution in [0.15, 0.2) is 56.0 Å². The average molecular weight is 456 g/mol. The number of benzene rings is 2. The molecule has 148 valence electrons. The summed E-state index contributed by atoms with van der Waals surface area (Å²) in [5.74, 6) is 0.782. The number of halogens is 1. The average Bonchev–Trinajstić information content (AvgIpc) is 3.31. The Kier molecular flexibility index (Phi) is 5.35. The molecule has 8 heteroatoms. The van der Waals surface area contributed by atoms with E-state index in [1.165, 1.54) is 0 Å². The Morgan fingerprint density at radius 1 is 1.17 bits per heavy atom. The molecule has 4 rings (SSSR count). The Hall–Kier alpha value is -3.13. The zero-order valence-electron chi connectivity index (χ0n) is 15.9. The number of ether oxygens (including phenoxy) is 1. The second kappa shape index (κ2) is 8.08. The summed E-state index contributed by atoms with van der Waals surface area (Å²) >= 11 is 3.41. The summed E-state index contributed by atoms with van der Waals surface area (Å²) in [6, 6.07) is 13.0. The molecule has 0 radical (unpaired) electrons. The molecule has 2 aromatic heterocycles. The highest BCUT2D eigenvalue weighted by Crippen LogP contribution is 2.30. The predicted molar refractivity (Wildman–Crippen MR) is 112 cm³/mol. The monoisotopic (exact) mass is 455 g/mol. The number of fused-ring (bicyclic) bond motifs is 1. The molecule has 0 spiro atoms. The summed E-state index contributed by atoms with van der Waals surface area (Å²) in [5, 5.41) is 11.4. The zero-order valence-corrected chi connectivity index (χ0v) is 17.4. The summed E-state index contributed by atoms with van der Waals surface area (Å²) < 4.78 is 17.1. The number of carbonyl (C=O) groups is 1. The van der Waals surface area contributed by atoms with Crippen LogP contribution in [0.25, 0.3) is 22.2 Å². The van der Waals surface area contributed by atoms with Gasteiger partial charge in [0, 0.05) is 21.0 Å². The molecule has 1 N–H and O–H groups in total. The number of aromatic nitrogens is 2. The summed E-state index contributed by atoms with van der Waals surface area (Å²) in [7, 11) is 0. The number of nitrogens with one attached hydrogen (secondary N) is 1. The van der Waals surface area contributed by atoms with Crippen molar-refractivity contribution in [1.29, 1.82) is 0 Å². The highest BCUT2D eigenvalue weighted by molar-refractivity contribution is 9.10. The van der Waals surface area contributed by atoms with Gasteiger partial charge in [-0.25, -0.2) is 4.63 Å². The minimum atomic E-state index is -0.422. The number of nitrogens with zero attached hydrogens (tertiary/aromatic N) is 2. The minimum Gasteiger partial charge on any atom is -0.494 e. The van der Waals surface area contributed by atoms with Crippen molar-refractivity contribution in [3.63, 3.8) is 0 Å². The van der Waals surface area contributed by atoms with Crippen LogP contribution >= 0.6 is 15.9 Å². The van der Waals surface area contributed by atoms with Gasteiger partial charge in [0.1, 0.15) is 11.3 Å². The van der Waals surface area contributed by atoms with Crippen molar-refractivity contribution in [3.05, 3.63) is 58.3 Å². The fourth-order valence-electron chi connectivity index (χ4n) is 2.97. The molecule has 0 saturated carbocycles. The van der Waals surface area contributed by atoms with Crippen LogP contribution in [0.3, 0.4) is 0 Å². The maximum Gasteiger partial charge on any atom is 0.292 e.